The smallest absolute Gasteiger partial charge is 0.0693 e. The molecule has 2 rings (SSSR count). The summed E-state index contributed by atoms with van der Waals surface area (Å²) in [5, 5.41) is 4.61. The van der Waals surface area contributed by atoms with Gasteiger partial charge in [-0.05, 0) is 36.8 Å². The molecule has 1 aliphatic rings. The van der Waals surface area contributed by atoms with Crippen molar-refractivity contribution >= 4 is 0 Å². The number of nitrogens with zero attached hydrogens (tertiary/aromatic N) is 2. The SMILES string of the molecule is CC(CN)C1c2nn(C)cc2CCC1C. The van der Waals surface area contributed by atoms with Crippen LogP contribution >= 0.6 is 0 Å². The number of rotatable bonds is 2. The lowest BCUT2D eigenvalue weighted by atomic mass is 9.73. The van der Waals surface area contributed by atoms with Crippen molar-refractivity contribution in [2.75, 3.05) is 6.54 Å². The van der Waals surface area contributed by atoms with Gasteiger partial charge in [0.05, 0.1) is 5.69 Å². The van der Waals surface area contributed by atoms with Gasteiger partial charge in [-0.15, -0.1) is 0 Å². The van der Waals surface area contributed by atoms with Gasteiger partial charge in [0, 0.05) is 19.2 Å². The molecule has 2 N–H and O–H groups in total. The second-order valence-corrected chi connectivity index (χ2v) is 4.97. The fraction of sp³-hybridized carbons (Fsp3) is 0.750. The van der Waals surface area contributed by atoms with Crippen molar-refractivity contribution in [3.8, 4) is 0 Å². The van der Waals surface area contributed by atoms with Crippen LogP contribution in [0.25, 0.3) is 0 Å². The van der Waals surface area contributed by atoms with Crippen LogP contribution in [-0.4, -0.2) is 16.3 Å². The maximum Gasteiger partial charge on any atom is 0.0693 e. The highest BCUT2D eigenvalue weighted by Crippen LogP contribution is 2.39. The molecule has 0 spiro atoms. The van der Waals surface area contributed by atoms with Gasteiger partial charge in [0.15, 0.2) is 0 Å². The van der Waals surface area contributed by atoms with Gasteiger partial charge in [-0.2, -0.15) is 5.10 Å². The predicted molar refractivity (Wildman–Crippen MR) is 61.7 cm³/mol. The Bertz CT molecular complexity index is 343. The quantitative estimate of drug-likeness (QED) is 0.802. The number of aromatic nitrogens is 2. The highest BCUT2D eigenvalue weighted by Gasteiger charge is 2.32. The first-order valence-electron chi connectivity index (χ1n) is 5.86. The highest BCUT2D eigenvalue weighted by molar-refractivity contribution is 5.25. The summed E-state index contributed by atoms with van der Waals surface area (Å²) >= 11 is 0. The van der Waals surface area contributed by atoms with E-state index >= 15 is 0 Å². The molecule has 0 radical (unpaired) electrons. The molecule has 3 heteroatoms. The van der Waals surface area contributed by atoms with Crippen LogP contribution in [-0.2, 0) is 13.5 Å². The Morgan fingerprint density at radius 2 is 2.40 bits per heavy atom. The molecule has 0 saturated carbocycles. The van der Waals surface area contributed by atoms with Gasteiger partial charge in [-0.25, -0.2) is 0 Å². The third-order valence-corrected chi connectivity index (χ3v) is 3.72. The average molecular weight is 207 g/mol. The Morgan fingerprint density at radius 3 is 3.07 bits per heavy atom. The number of nitrogens with two attached hydrogens (primary N) is 1. The number of aryl methyl sites for hydroxylation is 2. The molecule has 1 aromatic heterocycles. The van der Waals surface area contributed by atoms with Gasteiger partial charge in [0.25, 0.3) is 0 Å². The van der Waals surface area contributed by atoms with E-state index in [1.54, 1.807) is 0 Å². The van der Waals surface area contributed by atoms with E-state index in [0.717, 1.165) is 6.54 Å². The van der Waals surface area contributed by atoms with Crippen molar-refractivity contribution in [1.82, 2.24) is 9.78 Å². The summed E-state index contributed by atoms with van der Waals surface area (Å²) in [4.78, 5) is 0. The van der Waals surface area contributed by atoms with Crippen LogP contribution in [0.1, 0.15) is 37.4 Å². The first kappa shape index (κ1) is 10.7. The van der Waals surface area contributed by atoms with E-state index in [4.69, 9.17) is 5.73 Å². The Balaban J connectivity index is 2.36. The van der Waals surface area contributed by atoms with Crippen molar-refractivity contribution in [2.45, 2.75) is 32.6 Å². The molecule has 0 fully saturated rings. The van der Waals surface area contributed by atoms with Gasteiger partial charge in [-0.1, -0.05) is 13.8 Å². The zero-order valence-electron chi connectivity index (χ0n) is 9.90. The van der Waals surface area contributed by atoms with Crippen LogP contribution in [0.2, 0.25) is 0 Å². The zero-order chi connectivity index (χ0) is 11.0. The Kier molecular flexibility index (Phi) is 2.83. The predicted octanol–water partition coefficient (Wildman–Crippen LogP) is 1.68. The van der Waals surface area contributed by atoms with Crippen molar-refractivity contribution in [3.63, 3.8) is 0 Å². The molecular formula is C12H21N3. The maximum atomic E-state index is 5.79. The summed E-state index contributed by atoms with van der Waals surface area (Å²) < 4.78 is 1.94. The van der Waals surface area contributed by atoms with Crippen molar-refractivity contribution in [1.29, 1.82) is 0 Å². The first-order chi connectivity index (χ1) is 7.13. The summed E-state index contributed by atoms with van der Waals surface area (Å²) in [5.41, 5.74) is 8.53. The van der Waals surface area contributed by atoms with E-state index in [1.165, 1.54) is 24.1 Å². The summed E-state index contributed by atoms with van der Waals surface area (Å²) in [7, 11) is 2.01. The zero-order valence-corrected chi connectivity index (χ0v) is 9.90. The largest absolute Gasteiger partial charge is 0.330 e. The highest BCUT2D eigenvalue weighted by atomic mass is 15.3. The third kappa shape index (κ3) is 1.81. The van der Waals surface area contributed by atoms with E-state index in [-0.39, 0.29) is 0 Å². The summed E-state index contributed by atoms with van der Waals surface area (Å²) in [6, 6.07) is 0. The molecule has 3 atom stereocenters. The molecule has 3 unspecified atom stereocenters. The minimum Gasteiger partial charge on any atom is -0.330 e. The van der Waals surface area contributed by atoms with Gasteiger partial charge in [0.1, 0.15) is 0 Å². The summed E-state index contributed by atoms with van der Waals surface area (Å²) in [6.07, 6.45) is 4.61. The minimum absolute atomic E-state index is 0.536. The van der Waals surface area contributed by atoms with Crippen LogP contribution in [0, 0.1) is 11.8 Å². The molecule has 0 amide bonds. The maximum absolute atomic E-state index is 5.79. The monoisotopic (exact) mass is 207 g/mol. The molecule has 1 aromatic rings. The minimum atomic E-state index is 0.536. The normalized spacial score (nSPS) is 27.5. The molecule has 0 aromatic carbocycles. The van der Waals surface area contributed by atoms with Crippen LogP contribution in [0.3, 0.4) is 0 Å². The second-order valence-electron chi connectivity index (χ2n) is 4.97. The fourth-order valence-corrected chi connectivity index (χ4v) is 2.84. The standard InChI is InChI=1S/C12H21N3/c1-8-4-5-10-7-15(3)14-12(10)11(8)9(2)6-13/h7-9,11H,4-6,13H2,1-3H3. The molecule has 1 heterocycles. The Labute approximate surface area is 91.7 Å². The topological polar surface area (TPSA) is 43.8 Å². The third-order valence-electron chi connectivity index (χ3n) is 3.72. The van der Waals surface area contributed by atoms with E-state index in [9.17, 15) is 0 Å². The average Bonchev–Trinajstić information content (AvgIpc) is 2.57. The molecule has 1 aliphatic carbocycles. The van der Waals surface area contributed by atoms with E-state index in [2.05, 4.69) is 25.1 Å². The van der Waals surface area contributed by atoms with Crippen molar-refractivity contribution < 1.29 is 0 Å². The first-order valence-corrected chi connectivity index (χ1v) is 5.86. The lowest BCUT2D eigenvalue weighted by Gasteiger charge is -2.32. The van der Waals surface area contributed by atoms with Crippen molar-refractivity contribution in [2.24, 2.45) is 24.6 Å². The van der Waals surface area contributed by atoms with Gasteiger partial charge in [-0.3, -0.25) is 4.68 Å². The Morgan fingerprint density at radius 1 is 1.67 bits per heavy atom. The van der Waals surface area contributed by atoms with Gasteiger partial charge >= 0.3 is 0 Å². The van der Waals surface area contributed by atoms with Crippen LogP contribution in [0.4, 0.5) is 0 Å². The van der Waals surface area contributed by atoms with Crippen LogP contribution in [0.15, 0.2) is 6.20 Å². The van der Waals surface area contributed by atoms with Crippen LogP contribution in [0.5, 0.6) is 0 Å². The Hall–Kier alpha value is -0.830. The van der Waals surface area contributed by atoms with Crippen molar-refractivity contribution in [3.05, 3.63) is 17.5 Å². The van der Waals surface area contributed by atoms with Crippen LogP contribution < -0.4 is 5.73 Å². The van der Waals surface area contributed by atoms with Gasteiger partial charge in [0.2, 0.25) is 0 Å². The van der Waals surface area contributed by atoms with E-state index < -0.39 is 0 Å². The second kappa shape index (κ2) is 3.97. The van der Waals surface area contributed by atoms with E-state index in [1.807, 2.05) is 11.7 Å². The molecular weight excluding hydrogens is 186 g/mol. The number of fused-ring (bicyclic) bond motifs is 1. The molecule has 0 saturated heterocycles. The fourth-order valence-electron chi connectivity index (χ4n) is 2.84. The number of hydrogen-bond donors (Lipinski definition) is 1. The molecule has 84 valence electrons. The molecule has 0 bridgehead atoms. The summed E-state index contributed by atoms with van der Waals surface area (Å²) in [5.74, 6) is 1.81. The van der Waals surface area contributed by atoms with E-state index in [0.29, 0.717) is 17.8 Å². The molecule has 3 nitrogen and oxygen atoms in total. The number of hydrogen-bond acceptors (Lipinski definition) is 2. The van der Waals surface area contributed by atoms with Gasteiger partial charge < -0.3 is 5.73 Å². The molecule has 15 heavy (non-hydrogen) atoms. The lowest BCUT2D eigenvalue weighted by molar-refractivity contribution is 0.309. The summed E-state index contributed by atoms with van der Waals surface area (Å²) in [6.45, 7) is 5.32. The molecule has 0 aliphatic heterocycles. The lowest BCUT2D eigenvalue weighted by Crippen LogP contribution is -2.28.